The second-order valence-corrected chi connectivity index (χ2v) is 7.06. The maximum Gasteiger partial charge on any atom is 0.261 e. The van der Waals surface area contributed by atoms with E-state index in [1.807, 2.05) is 13.8 Å². The molecule has 17 heavy (non-hydrogen) atoms. The molecule has 1 amide bonds. The van der Waals surface area contributed by atoms with Crippen LogP contribution in [-0.4, -0.2) is 23.2 Å². The van der Waals surface area contributed by atoms with Crippen molar-refractivity contribution >= 4 is 49.1 Å². The van der Waals surface area contributed by atoms with Crippen LogP contribution in [0.15, 0.2) is 14.3 Å². The third-order valence-corrected chi connectivity index (χ3v) is 6.16. The van der Waals surface area contributed by atoms with Gasteiger partial charge in [-0.25, -0.2) is 0 Å². The van der Waals surface area contributed by atoms with E-state index in [0.29, 0.717) is 17.7 Å². The van der Waals surface area contributed by atoms with Gasteiger partial charge in [0.25, 0.3) is 5.91 Å². The molecule has 1 aromatic heterocycles. The largest absolute Gasteiger partial charge is 0.394 e. The van der Waals surface area contributed by atoms with Crippen molar-refractivity contribution in [3.05, 3.63) is 19.2 Å². The van der Waals surface area contributed by atoms with Gasteiger partial charge in [0.2, 0.25) is 0 Å². The van der Waals surface area contributed by atoms with Crippen LogP contribution in [0.25, 0.3) is 0 Å². The lowest BCUT2D eigenvalue weighted by atomic mass is 9.94. The van der Waals surface area contributed by atoms with E-state index < -0.39 is 5.54 Å². The molecule has 0 aliphatic rings. The molecule has 0 fully saturated rings. The van der Waals surface area contributed by atoms with Crippen LogP contribution in [0.3, 0.4) is 0 Å². The summed E-state index contributed by atoms with van der Waals surface area (Å²) in [5.74, 6) is -0.140. The Labute approximate surface area is 122 Å². The lowest BCUT2D eigenvalue weighted by Crippen LogP contribution is -2.50. The van der Waals surface area contributed by atoms with Crippen LogP contribution in [-0.2, 0) is 0 Å². The molecule has 0 aromatic carbocycles. The molecule has 0 bridgehead atoms. The van der Waals surface area contributed by atoms with Crippen LogP contribution in [0.4, 0.5) is 0 Å². The van der Waals surface area contributed by atoms with Gasteiger partial charge in [-0.3, -0.25) is 4.79 Å². The molecule has 2 N–H and O–H groups in total. The number of nitrogens with one attached hydrogen (secondary N) is 1. The highest BCUT2D eigenvalue weighted by Crippen LogP contribution is 2.32. The van der Waals surface area contributed by atoms with Gasteiger partial charge in [-0.1, -0.05) is 13.8 Å². The third-order valence-electron chi connectivity index (χ3n) is 2.90. The van der Waals surface area contributed by atoms with Gasteiger partial charge in [0, 0.05) is 4.47 Å². The molecule has 1 heterocycles. The molecule has 0 aliphatic carbocycles. The smallest absolute Gasteiger partial charge is 0.261 e. The number of hydrogen-bond acceptors (Lipinski definition) is 3. The second-order valence-electron chi connectivity index (χ2n) is 3.83. The molecule has 0 atom stereocenters. The van der Waals surface area contributed by atoms with Crippen molar-refractivity contribution in [2.45, 2.75) is 32.2 Å². The van der Waals surface area contributed by atoms with E-state index in [-0.39, 0.29) is 12.5 Å². The highest BCUT2D eigenvalue weighted by molar-refractivity contribution is 9.13. The number of aliphatic hydroxyl groups excluding tert-OH is 1. The number of amides is 1. The van der Waals surface area contributed by atoms with E-state index in [4.69, 9.17) is 0 Å². The number of halogens is 2. The lowest BCUT2D eigenvalue weighted by molar-refractivity contribution is 0.0822. The summed E-state index contributed by atoms with van der Waals surface area (Å²) in [7, 11) is 0. The molecule has 0 unspecified atom stereocenters. The minimum Gasteiger partial charge on any atom is -0.394 e. The van der Waals surface area contributed by atoms with Gasteiger partial charge in [-0.2, -0.15) is 0 Å². The van der Waals surface area contributed by atoms with E-state index >= 15 is 0 Å². The predicted molar refractivity (Wildman–Crippen MR) is 77.6 cm³/mol. The van der Waals surface area contributed by atoms with E-state index in [1.165, 1.54) is 11.3 Å². The zero-order valence-corrected chi connectivity index (χ0v) is 13.7. The molecule has 0 saturated carbocycles. The molecular formula is C11H15Br2NO2S. The van der Waals surface area contributed by atoms with E-state index in [1.54, 1.807) is 6.07 Å². The standard InChI is InChI=1S/C11H15Br2NO2S/c1-3-11(4-2,6-15)14-10(16)8-5-7(12)9(13)17-8/h5,15H,3-4,6H2,1-2H3,(H,14,16). The first-order valence-corrected chi connectivity index (χ1v) is 7.76. The van der Waals surface area contributed by atoms with Crippen LogP contribution in [0.5, 0.6) is 0 Å². The van der Waals surface area contributed by atoms with Gasteiger partial charge in [0.15, 0.2) is 0 Å². The topological polar surface area (TPSA) is 49.3 Å². The molecule has 0 aliphatic heterocycles. The molecular weight excluding hydrogens is 370 g/mol. The lowest BCUT2D eigenvalue weighted by Gasteiger charge is -2.30. The van der Waals surface area contributed by atoms with Gasteiger partial charge in [-0.05, 0) is 50.8 Å². The summed E-state index contributed by atoms with van der Waals surface area (Å²) < 4.78 is 1.76. The van der Waals surface area contributed by atoms with Crippen molar-refractivity contribution in [1.82, 2.24) is 5.32 Å². The maximum atomic E-state index is 12.0. The summed E-state index contributed by atoms with van der Waals surface area (Å²) in [5, 5.41) is 12.3. The van der Waals surface area contributed by atoms with Gasteiger partial charge in [0.1, 0.15) is 0 Å². The molecule has 96 valence electrons. The first-order chi connectivity index (χ1) is 7.98. The Kier molecular flexibility index (Phi) is 5.63. The minimum absolute atomic E-state index is 0.0422. The normalized spacial score (nSPS) is 11.6. The molecule has 1 rings (SSSR count). The fourth-order valence-corrected chi connectivity index (χ4v) is 3.38. The number of rotatable bonds is 5. The Hall–Kier alpha value is 0.0900. The van der Waals surface area contributed by atoms with Gasteiger partial charge >= 0.3 is 0 Å². The summed E-state index contributed by atoms with van der Waals surface area (Å²) in [6.07, 6.45) is 1.42. The number of thiophene rings is 1. The van der Waals surface area contributed by atoms with Crippen LogP contribution < -0.4 is 5.32 Å². The van der Waals surface area contributed by atoms with Crippen molar-refractivity contribution in [2.24, 2.45) is 0 Å². The van der Waals surface area contributed by atoms with Crippen LogP contribution in [0.2, 0.25) is 0 Å². The summed E-state index contributed by atoms with van der Waals surface area (Å²) in [4.78, 5) is 12.7. The highest BCUT2D eigenvalue weighted by Gasteiger charge is 2.28. The second kappa shape index (κ2) is 6.31. The van der Waals surface area contributed by atoms with Crippen molar-refractivity contribution in [3.63, 3.8) is 0 Å². The third kappa shape index (κ3) is 3.53. The Balaban J connectivity index is 2.84. The van der Waals surface area contributed by atoms with Gasteiger partial charge in [0.05, 0.1) is 20.8 Å². The fraction of sp³-hybridized carbons (Fsp3) is 0.545. The number of carbonyl (C=O) groups is 1. The summed E-state index contributed by atoms with van der Waals surface area (Å²) in [5.41, 5.74) is -0.514. The van der Waals surface area contributed by atoms with Gasteiger partial charge in [-0.15, -0.1) is 11.3 Å². The fourth-order valence-electron chi connectivity index (χ4n) is 1.45. The van der Waals surface area contributed by atoms with Crippen molar-refractivity contribution < 1.29 is 9.90 Å². The Morgan fingerprint density at radius 3 is 2.41 bits per heavy atom. The number of hydrogen-bond donors (Lipinski definition) is 2. The predicted octanol–water partition coefficient (Wildman–Crippen LogP) is 3.55. The van der Waals surface area contributed by atoms with Crippen LogP contribution >= 0.6 is 43.2 Å². The molecule has 0 saturated heterocycles. The summed E-state index contributed by atoms with van der Waals surface area (Å²) in [6.45, 7) is 3.87. The molecule has 6 heteroatoms. The van der Waals surface area contributed by atoms with Crippen molar-refractivity contribution in [2.75, 3.05) is 6.61 Å². The first-order valence-electron chi connectivity index (χ1n) is 5.36. The van der Waals surface area contributed by atoms with E-state index in [0.717, 1.165) is 8.26 Å². The first kappa shape index (κ1) is 15.1. The minimum atomic E-state index is -0.514. The van der Waals surface area contributed by atoms with Crippen LogP contribution in [0.1, 0.15) is 36.4 Å². The Morgan fingerprint density at radius 1 is 1.47 bits per heavy atom. The number of carbonyl (C=O) groups excluding carboxylic acids is 1. The van der Waals surface area contributed by atoms with Crippen LogP contribution in [0, 0.1) is 0 Å². The quantitative estimate of drug-likeness (QED) is 0.815. The Morgan fingerprint density at radius 2 is 2.06 bits per heavy atom. The maximum absolute atomic E-state index is 12.0. The molecule has 3 nitrogen and oxygen atoms in total. The number of aliphatic hydroxyl groups is 1. The summed E-state index contributed by atoms with van der Waals surface area (Å²) >= 11 is 8.08. The van der Waals surface area contributed by atoms with Crippen molar-refractivity contribution in [1.29, 1.82) is 0 Å². The summed E-state index contributed by atoms with van der Waals surface area (Å²) in [6, 6.07) is 1.78. The average Bonchev–Trinajstić information content (AvgIpc) is 2.67. The highest BCUT2D eigenvalue weighted by atomic mass is 79.9. The Bertz CT molecular complexity index is 374. The van der Waals surface area contributed by atoms with E-state index in [9.17, 15) is 9.90 Å². The monoisotopic (exact) mass is 383 g/mol. The zero-order chi connectivity index (χ0) is 13.1. The average molecular weight is 385 g/mol. The molecule has 0 spiro atoms. The molecule has 0 radical (unpaired) electrons. The van der Waals surface area contributed by atoms with E-state index in [2.05, 4.69) is 37.2 Å². The van der Waals surface area contributed by atoms with Crippen molar-refractivity contribution in [3.8, 4) is 0 Å². The van der Waals surface area contributed by atoms with Gasteiger partial charge < -0.3 is 10.4 Å². The SMILES string of the molecule is CCC(CC)(CO)NC(=O)c1cc(Br)c(Br)s1. The molecule has 1 aromatic rings. The zero-order valence-electron chi connectivity index (χ0n) is 9.72.